The average molecular weight is 309 g/mol. The van der Waals surface area contributed by atoms with Crippen LogP contribution < -0.4 is 10.9 Å². The summed E-state index contributed by atoms with van der Waals surface area (Å²) in [5.41, 5.74) is 1.17. The molecule has 1 N–H and O–H groups in total. The highest BCUT2D eigenvalue weighted by Gasteiger charge is 2.15. The number of anilines is 1. The summed E-state index contributed by atoms with van der Waals surface area (Å²) in [7, 11) is 0. The first-order valence-corrected chi connectivity index (χ1v) is 7.61. The third-order valence-corrected chi connectivity index (χ3v) is 4.07. The van der Waals surface area contributed by atoms with Crippen LogP contribution in [0.4, 0.5) is 5.69 Å². The zero-order chi connectivity index (χ0) is 15.8. The molecule has 0 radical (unpaired) electrons. The van der Waals surface area contributed by atoms with Crippen LogP contribution in [0.1, 0.15) is 29.2 Å². The minimum atomic E-state index is -0.347. The molecule has 3 aromatic rings. The number of carbonyl (C=O) groups is 1. The molecule has 0 saturated carbocycles. The van der Waals surface area contributed by atoms with Gasteiger partial charge in [0.05, 0.1) is 17.2 Å². The summed E-state index contributed by atoms with van der Waals surface area (Å²) in [6.45, 7) is 0.708. The maximum absolute atomic E-state index is 12.6. The predicted molar refractivity (Wildman–Crippen MR) is 85.6 cm³/mol. The SMILES string of the molecule is O=C(Nc1ccc2nc3n(c(=O)c2c1)CCCC3)c1ccco1. The molecule has 4 rings (SSSR count). The van der Waals surface area contributed by atoms with Crippen LogP contribution in [0.3, 0.4) is 0 Å². The highest BCUT2D eigenvalue weighted by atomic mass is 16.3. The van der Waals surface area contributed by atoms with Gasteiger partial charge in [0.15, 0.2) is 5.76 Å². The summed E-state index contributed by atoms with van der Waals surface area (Å²) in [4.78, 5) is 29.2. The fourth-order valence-electron chi connectivity index (χ4n) is 2.92. The Labute approximate surface area is 131 Å². The van der Waals surface area contributed by atoms with Gasteiger partial charge in [0, 0.05) is 18.7 Å². The second-order valence-electron chi connectivity index (χ2n) is 5.61. The zero-order valence-electron chi connectivity index (χ0n) is 12.4. The lowest BCUT2D eigenvalue weighted by atomic mass is 10.1. The van der Waals surface area contributed by atoms with Crippen molar-refractivity contribution >= 4 is 22.5 Å². The lowest BCUT2D eigenvalue weighted by molar-refractivity contribution is 0.0996. The molecule has 0 atom stereocenters. The number of furan rings is 1. The van der Waals surface area contributed by atoms with Gasteiger partial charge in [-0.3, -0.25) is 14.2 Å². The normalized spacial score (nSPS) is 13.7. The minimum Gasteiger partial charge on any atom is -0.459 e. The second kappa shape index (κ2) is 5.39. The largest absolute Gasteiger partial charge is 0.459 e. The van der Waals surface area contributed by atoms with Crippen LogP contribution in [-0.4, -0.2) is 15.5 Å². The van der Waals surface area contributed by atoms with Gasteiger partial charge in [0.25, 0.3) is 11.5 Å². The maximum atomic E-state index is 12.6. The van der Waals surface area contributed by atoms with Crippen molar-refractivity contribution in [2.24, 2.45) is 0 Å². The number of amides is 1. The Kier molecular flexibility index (Phi) is 3.22. The summed E-state index contributed by atoms with van der Waals surface area (Å²) in [6.07, 6.45) is 4.34. The highest BCUT2D eigenvalue weighted by molar-refractivity contribution is 6.03. The molecule has 2 aromatic heterocycles. The van der Waals surface area contributed by atoms with E-state index >= 15 is 0 Å². The van der Waals surface area contributed by atoms with E-state index in [0.29, 0.717) is 23.1 Å². The standard InChI is InChI=1S/C17H15N3O3/c21-16(14-4-3-9-23-14)18-11-6-7-13-12(10-11)17(22)20-8-2-1-5-15(20)19-13/h3-4,6-7,9-10H,1-2,5,8H2,(H,18,21). The molecule has 1 aromatic carbocycles. The molecule has 0 unspecified atom stereocenters. The van der Waals surface area contributed by atoms with Crippen LogP contribution in [-0.2, 0) is 13.0 Å². The Morgan fingerprint density at radius 3 is 3.00 bits per heavy atom. The molecular weight excluding hydrogens is 294 g/mol. The first-order chi connectivity index (χ1) is 11.2. The maximum Gasteiger partial charge on any atom is 0.291 e. The number of hydrogen-bond acceptors (Lipinski definition) is 4. The molecule has 0 bridgehead atoms. The molecule has 6 nitrogen and oxygen atoms in total. The number of aromatic nitrogens is 2. The summed E-state index contributed by atoms with van der Waals surface area (Å²) in [6, 6.07) is 8.42. The van der Waals surface area contributed by atoms with Crippen LogP contribution in [0.25, 0.3) is 10.9 Å². The van der Waals surface area contributed by atoms with E-state index in [0.717, 1.165) is 25.1 Å². The van der Waals surface area contributed by atoms with Gasteiger partial charge < -0.3 is 9.73 Å². The van der Waals surface area contributed by atoms with Crippen molar-refractivity contribution in [3.05, 3.63) is 58.5 Å². The van der Waals surface area contributed by atoms with Gasteiger partial charge in [-0.1, -0.05) is 0 Å². The third-order valence-electron chi connectivity index (χ3n) is 4.07. The predicted octanol–water partition coefficient (Wildman–Crippen LogP) is 2.58. The highest BCUT2D eigenvalue weighted by Crippen LogP contribution is 2.19. The van der Waals surface area contributed by atoms with E-state index < -0.39 is 0 Å². The molecule has 1 amide bonds. The Hall–Kier alpha value is -2.89. The summed E-state index contributed by atoms with van der Waals surface area (Å²) >= 11 is 0. The molecule has 3 heterocycles. The monoisotopic (exact) mass is 309 g/mol. The number of benzene rings is 1. The fourth-order valence-corrected chi connectivity index (χ4v) is 2.92. The van der Waals surface area contributed by atoms with Crippen LogP contribution >= 0.6 is 0 Å². The minimum absolute atomic E-state index is 0.0428. The zero-order valence-corrected chi connectivity index (χ0v) is 12.4. The van der Waals surface area contributed by atoms with Gasteiger partial charge in [0.2, 0.25) is 0 Å². The van der Waals surface area contributed by atoms with Gasteiger partial charge in [-0.2, -0.15) is 0 Å². The number of nitrogens with zero attached hydrogens (tertiary/aromatic N) is 2. The molecule has 0 fully saturated rings. The van der Waals surface area contributed by atoms with Gasteiger partial charge in [-0.05, 0) is 43.2 Å². The van der Waals surface area contributed by atoms with Crippen molar-refractivity contribution in [3.63, 3.8) is 0 Å². The van der Waals surface area contributed by atoms with E-state index in [4.69, 9.17) is 4.42 Å². The summed E-state index contributed by atoms with van der Waals surface area (Å²) in [5.74, 6) is 0.729. The Bertz CT molecular complexity index is 942. The quantitative estimate of drug-likeness (QED) is 0.789. The molecule has 1 aliphatic heterocycles. The van der Waals surface area contributed by atoms with E-state index in [1.165, 1.54) is 6.26 Å². The lowest BCUT2D eigenvalue weighted by Crippen LogP contribution is -2.28. The molecule has 6 heteroatoms. The number of rotatable bonds is 2. The molecule has 0 spiro atoms. The van der Waals surface area contributed by atoms with Crippen molar-refractivity contribution in [2.75, 3.05) is 5.32 Å². The molecular formula is C17H15N3O3. The number of hydrogen-bond donors (Lipinski definition) is 1. The summed E-state index contributed by atoms with van der Waals surface area (Å²) in [5, 5.41) is 3.26. The van der Waals surface area contributed by atoms with Gasteiger partial charge in [0.1, 0.15) is 5.82 Å². The van der Waals surface area contributed by atoms with E-state index in [9.17, 15) is 9.59 Å². The molecule has 116 valence electrons. The fraction of sp³-hybridized carbons (Fsp3) is 0.235. The smallest absolute Gasteiger partial charge is 0.291 e. The van der Waals surface area contributed by atoms with Crippen molar-refractivity contribution in [1.82, 2.24) is 9.55 Å². The van der Waals surface area contributed by atoms with E-state index in [1.807, 2.05) is 0 Å². The molecule has 1 aliphatic rings. The van der Waals surface area contributed by atoms with Crippen molar-refractivity contribution in [3.8, 4) is 0 Å². The molecule has 0 saturated heterocycles. The van der Waals surface area contributed by atoms with Gasteiger partial charge in [-0.15, -0.1) is 0 Å². The number of aryl methyl sites for hydroxylation is 1. The summed E-state index contributed by atoms with van der Waals surface area (Å²) < 4.78 is 6.80. The van der Waals surface area contributed by atoms with E-state index in [-0.39, 0.29) is 17.2 Å². The van der Waals surface area contributed by atoms with Crippen molar-refractivity contribution in [1.29, 1.82) is 0 Å². The first kappa shape index (κ1) is 13.8. The van der Waals surface area contributed by atoms with Crippen LogP contribution in [0.2, 0.25) is 0 Å². The molecule has 23 heavy (non-hydrogen) atoms. The van der Waals surface area contributed by atoms with E-state index in [1.54, 1.807) is 34.9 Å². The third kappa shape index (κ3) is 2.42. The van der Waals surface area contributed by atoms with Gasteiger partial charge >= 0.3 is 0 Å². The number of nitrogens with one attached hydrogen (secondary N) is 1. The number of carbonyl (C=O) groups excluding carboxylic acids is 1. The molecule has 0 aliphatic carbocycles. The first-order valence-electron chi connectivity index (χ1n) is 7.61. The Balaban J connectivity index is 1.74. The Morgan fingerprint density at radius 2 is 2.17 bits per heavy atom. The van der Waals surface area contributed by atoms with E-state index in [2.05, 4.69) is 10.3 Å². The average Bonchev–Trinajstić information content (AvgIpc) is 3.10. The second-order valence-corrected chi connectivity index (χ2v) is 5.61. The van der Waals surface area contributed by atoms with Crippen molar-refractivity contribution in [2.45, 2.75) is 25.8 Å². The van der Waals surface area contributed by atoms with Gasteiger partial charge in [-0.25, -0.2) is 4.98 Å². The number of fused-ring (bicyclic) bond motifs is 2. The van der Waals surface area contributed by atoms with Crippen molar-refractivity contribution < 1.29 is 9.21 Å². The lowest BCUT2D eigenvalue weighted by Gasteiger charge is -2.18. The van der Waals surface area contributed by atoms with Crippen LogP contribution in [0.15, 0.2) is 45.8 Å². The van der Waals surface area contributed by atoms with Crippen LogP contribution in [0, 0.1) is 0 Å². The topological polar surface area (TPSA) is 77.1 Å². The van der Waals surface area contributed by atoms with Crippen LogP contribution in [0.5, 0.6) is 0 Å². The Morgan fingerprint density at radius 1 is 1.26 bits per heavy atom.